The number of aromatic nitrogens is 1. The van der Waals surface area contributed by atoms with E-state index in [0.717, 1.165) is 69.3 Å². The molecular weight excluding hydrogens is 305 g/mol. The third kappa shape index (κ3) is 3.29. The molecule has 5 heteroatoms. The zero-order valence-electron chi connectivity index (χ0n) is 14.6. The highest BCUT2D eigenvalue weighted by Gasteiger charge is 2.30. The van der Waals surface area contributed by atoms with Gasteiger partial charge in [0.25, 0.3) is 5.88 Å². The lowest BCUT2D eigenvalue weighted by Gasteiger charge is -2.41. The van der Waals surface area contributed by atoms with E-state index in [1.54, 1.807) is 6.07 Å². The summed E-state index contributed by atoms with van der Waals surface area (Å²) < 4.78 is 20.4. The van der Waals surface area contributed by atoms with Crippen LogP contribution in [0.3, 0.4) is 0 Å². The van der Waals surface area contributed by atoms with Gasteiger partial charge in [-0.3, -0.25) is 4.90 Å². The molecule has 2 aliphatic heterocycles. The van der Waals surface area contributed by atoms with E-state index in [1.807, 2.05) is 0 Å². The van der Waals surface area contributed by atoms with E-state index < -0.39 is 0 Å². The first-order chi connectivity index (χ1) is 11.7. The van der Waals surface area contributed by atoms with Crippen molar-refractivity contribution in [3.05, 3.63) is 23.1 Å². The maximum absolute atomic E-state index is 14.4. The van der Waals surface area contributed by atoms with Crippen molar-refractivity contribution in [2.75, 3.05) is 26.2 Å². The molecule has 0 N–H and O–H groups in total. The summed E-state index contributed by atoms with van der Waals surface area (Å²) in [5, 5.41) is 0. The molecule has 1 aliphatic carbocycles. The van der Waals surface area contributed by atoms with Crippen LogP contribution in [0.1, 0.15) is 50.3 Å². The molecule has 24 heavy (non-hydrogen) atoms. The number of hydrogen-bond acceptors (Lipinski definition) is 4. The highest BCUT2D eigenvalue weighted by molar-refractivity contribution is 5.29. The predicted molar refractivity (Wildman–Crippen MR) is 91.7 cm³/mol. The number of piperidine rings is 1. The molecule has 4 rings (SSSR count). The fraction of sp³-hybridized carbons (Fsp3) is 0.737. The molecule has 0 radical (unpaired) electrons. The normalized spacial score (nSPS) is 23.8. The van der Waals surface area contributed by atoms with Crippen molar-refractivity contribution in [1.82, 2.24) is 14.8 Å². The Morgan fingerprint density at radius 1 is 1.21 bits per heavy atom. The SMILES string of the molecule is CCN1CCc2nc(OC3CCN(C4CCC4)CC3)c(F)cc2C1. The summed E-state index contributed by atoms with van der Waals surface area (Å²) in [6.07, 6.45) is 7.04. The van der Waals surface area contributed by atoms with Crippen LogP contribution < -0.4 is 4.74 Å². The van der Waals surface area contributed by atoms with Gasteiger partial charge in [0, 0.05) is 38.6 Å². The quantitative estimate of drug-likeness (QED) is 0.847. The van der Waals surface area contributed by atoms with Crippen molar-refractivity contribution in [2.45, 2.75) is 64.1 Å². The summed E-state index contributed by atoms with van der Waals surface area (Å²) in [6.45, 7) is 7.10. The van der Waals surface area contributed by atoms with E-state index in [4.69, 9.17) is 4.74 Å². The summed E-state index contributed by atoms with van der Waals surface area (Å²) in [5.41, 5.74) is 2.04. The lowest BCUT2D eigenvalue weighted by molar-refractivity contribution is 0.0455. The summed E-state index contributed by atoms with van der Waals surface area (Å²) in [5.74, 6) is -0.0751. The molecule has 0 amide bonds. The van der Waals surface area contributed by atoms with Gasteiger partial charge in [0.05, 0.1) is 5.69 Å². The van der Waals surface area contributed by atoms with Gasteiger partial charge in [0.2, 0.25) is 0 Å². The number of pyridine rings is 1. The van der Waals surface area contributed by atoms with Gasteiger partial charge >= 0.3 is 0 Å². The smallest absolute Gasteiger partial charge is 0.250 e. The van der Waals surface area contributed by atoms with Crippen LogP contribution in [0.5, 0.6) is 5.88 Å². The zero-order chi connectivity index (χ0) is 16.5. The summed E-state index contributed by atoms with van der Waals surface area (Å²) in [7, 11) is 0. The number of hydrogen-bond donors (Lipinski definition) is 0. The van der Waals surface area contributed by atoms with Gasteiger partial charge in [-0.2, -0.15) is 0 Å². The molecular formula is C19H28FN3O. The topological polar surface area (TPSA) is 28.6 Å². The number of fused-ring (bicyclic) bond motifs is 1. The van der Waals surface area contributed by atoms with Gasteiger partial charge in [-0.25, -0.2) is 9.37 Å². The third-order valence-electron chi connectivity index (χ3n) is 5.96. The van der Waals surface area contributed by atoms with Crippen molar-refractivity contribution in [3.63, 3.8) is 0 Å². The summed E-state index contributed by atoms with van der Waals surface area (Å²) in [4.78, 5) is 9.42. The van der Waals surface area contributed by atoms with Gasteiger partial charge in [-0.05, 0) is 43.9 Å². The number of rotatable bonds is 4. The average molecular weight is 333 g/mol. The van der Waals surface area contributed by atoms with Crippen LogP contribution in [-0.2, 0) is 13.0 Å². The van der Waals surface area contributed by atoms with Gasteiger partial charge in [-0.15, -0.1) is 0 Å². The molecule has 2 fully saturated rings. The average Bonchev–Trinajstić information content (AvgIpc) is 2.55. The molecule has 3 heterocycles. The number of likely N-dealkylation sites (N-methyl/N-ethyl adjacent to an activating group) is 1. The number of halogens is 1. The molecule has 4 nitrogen and oxygen atoms in total. The first-order valence-corrected chi connectivity index (χ1v) is 9.54. The molecule has 1 saturated carbocycles. The maximum atomic E-state index is 14.4. The zero-order valence-corrected chi connectivity index (χ0v) is 14.6. The Balaban J connectivity index is 1.38. The summed E-state index contributed by atoms with van der Waals surface area (Å²) in [6, 6.07) is 2.44. The van der Waals surface area contributed by atoms with Crippen molar-refractivity contribution in [3.8, 4) is 5.88 Å². The van der Waals surface area contributed by atoms with E-state index in [9.17, 15) is 4.39 Å². The van der Waals surface area contributed by atoms with Crippen LogP contribution in [0.2, 0.25) is 0 Å². The van der Waals surface area contributed by atoms with Gasteiger partial charge in [0.15, 0.2) is 5.82 Å². The van der Waals surface area contributed by atoms with Crippen molar-refractivity contribution >= 4 is 0 Å². The van der Waals surface area contributed by atoms with Crippen LogP contribution in [0.15, 0.2) is 6.07 Å². The Kier molecular flexibility index (Phi) is 4.72. The largest absolute Gasteiger partial charge is 0.472 e. The first-order valence-electron chi connectivity index (χ1n) is 9.54. The van der Waals surface area contributed by atoms with E-state index in [0.29, 0.717) is 0 Å². The molecule has 1 aromatic rings. The number of ether oxygens (including phenoxy) is 1. The molecule has 0 spiro atoms. The minimum absolute atomic E-state index is 0.108. The minimum atomic E-state index is -0.298. The van der Waals surface area contributed by atoms with Crippen LogP contribution in [0.25, 0.3) is 0 Å². The molecule has 1 aromatic heterocycles. The highest BCUT2D eigenvalue weighted by Crippen LogP contribution is 2.29. The minimum Gasteiger partial charge on any atom is -0.472 e. The Bertz CT molecular complexity index is 582. The van der Waals surface area contributed by atoms with E-state index in [-0.39, 0.29) is 17.8 Å². The molecule has 0 atom stereocenters. The second-order valence-corrected chi connectivity index (χ2v) is 7.44. The van der Waals surface area contributed by atoms with Gasteiger partial charge in [0.1, 0.15) is 6.10 Å². The lowest BCUT2D eigenvalue weighted by Crippen LogP contribution is -2.46. The van der Waals surface area contributed by atoms with Crippen LogP contribution in [0.4, 0.5) is 4.39 Å². The molecule has 132 valence electrons. The second kappa shape index (κ2) is 6.96. The monoisotopic (exact) mass is 333 g/mol. The van der Waals surface area contributed by atoms with Crippen molar-refractivity contribution in [2.24, 2.45) is 0 Å². The Labute approximate surface area is 144 Å². The first kappa shape index (κ1) is 16.3. The fourth-order valence-corrected chi connectivity index (χ4v) is 4.10. The molecule has 0 unspecified atom stereocenters. The van der Waals surface area contributed by atoms with Gasteiger partial charge < -0.3 is 9.64 Å². The Morgan fingerprint density at radius 3 is 2.67 bits per heavy atom. The number of likely N-dealkylation sites (tertiary alicyclic amines) is 1. The Morgan fingerprint density at radius 2 is 2.00 bits per heavy atom. The third-order valence-corrected chi connectivity index (χ3v) is 5.96. The predicted octanol–water partition coefficient (Wildman–Crippen LogP) is 2.99. The lowest BCUT2D eigenvalue weighted by atomic mass is 9.90. The standard InChI is InChI=1S/C19H28FN3O/c1-2-22-9-8-18-14(13-22)12-17(20)19(21-18)24-16-6-10-23(11-7-16)15-4-3-5-15/h12,15-16H,2-11,13H2,1H3. The van der Waals surface area contributed by atoms with E-state index in [2.05, 4.69) is 21.7 Å². The van der Waals surface area contributed by atoms with Crippen LogP contribution in [0, 0.1) is 5.82 Å². The fourth-order valence-electron chi connectivity index (χ4n) is 4.10. The van der Waals surface area contributed by atoms with Crippen molar-refractivity contribution in [1.29, 1.82) is 0 Å². The van der Waals surface area contributed by atoms with Crippen molar-refractivity contribution < 1.29 is 9.13 Å². The maximum Gasteiger partial charge on any atom is 0.250 e. The van der Waals surface area contributed by atoms with Gasteiger partial charge in [-0.1, -0.05) is 13.3 Å². The molecule has 0 bridgehead atoms. The summed E-state index contributed by atoms with van der Waals surface area (Å²) >= 11 is 0. The second-order valence-electron chi connectivity index (χ2n) is 7.44. The molecule has 3 aliphatic rings. The van der Waals surface area contributed by atoms with E-state index in [1.165, 1.54) is 19.3 Å². The Hall–Kier alpha value is -1.20. The van der Waals surface area contributed by atoms with E-state index >= 15 is 0 Å². The molecule has 1 saturated heterocycles. The highest BCUT2D eigenvalue weighted by atomic mass is 19.1. The van der Waals surface area contributed by atoms with Crippen LogP contribution >= 0.6 is 0 Å². The van der Waals surface area contributed by atoms with Crippen LogP contribution in [-0.4, -0.2) is 53.1 Å². The number of nitrogens with zero attached hydrogens (tertiary/aromatic N) is 3. The molecule has 0 aromatic carbocycles.